The molecular formula is C9H13BrN2OS. The second-order valence-electron chi connectivity index (χ2n) is 3.36. The molecule has 0 aliphatic carbocycles. The lowest BCUT2D eigenvalue weighted by Gasteiger charge is -2.22. The highest BCUT2D eigenvalue weighted by molar-refractivity contribution is 9.10. The number of alkyl halides is 1. The van der Waals surface area contributed by atoms with E-state index in [9.17, 15) is 4.79 Å². The van der Waals surface area contributed by atoms with Gasteiger partial charge < -0.3 is 5.32 Å². The maximum absolute atomic E-state index is 11.6. The van der Waals surface area contributed by atoms with Crippen LogP contribution in [0.15, 0.2) is 0 Å². The molecule has 0 aromatic rings. The third-order valence-corrected chi connectivity index (χ3v) is 4.49. The number of amides is 1. The summed E-state index contributed by atoms with van der Waals surface area (Å²) in [7, 11) is 0. The van der Waals surface area contributed by atoms with Gasteiger partial charge in [0, 0.05) is 5.75 Å². The molecular weight excluding hydrogens is 264 g/mol. The van der Waals surface area contributed by atoms with Gasteiger partial charge in [-0.3, -0.25) is 4.79 Å². The van der Waals surface area contributed by atoms with Gasteiger partial charge in [0.05, 0.1) is 10.9 Å². The number of thioether (sulfide) groups is 1. The molecule has 1 rings (SSSR count). The molecule has 1 fully saturated rings. The van der Waals surface area contributed by atoms with Crippen LogP contribution in [0.1, 0.15) is 19.8 Å². The number of hydrogen-bond donors (Lipinski definition) is 1. The third kappa shape index (κ3) is 2.64. The van der Waals surface area contributed by atoms with Crippen molar-refractivity contribution in [3.05, 3.63) is 0 Å². The third-order valence-electron chi connectivity index (χ3n) is 2.24. The molecule has 0 aromatic carbocycles. The highest BCUT2D eigenvalue weighted by Crippen LogP contribution is 2.27. The molecule has 1 N–H and O–H groups in total. The molecule has 0 bridgehead atoms. The van der Waals surface area contributed by atoms with E-state index < -0.39 is 5.54 Å². The highest BCUT2D eigenvalue weighted by Gasteiger charge is 2.36. The predicted molar refractivity (Wildman–Crippen MR) is 61.4 cm³/mol. The van der Waals surface area contributed by atoms with E-state index in [0.717, 1.165) is 18.6 Å². The van der Waals surface area contributed by atoms with Gasteiger partial charge in [0.15, 0.2) is 0 Å². The lowest BCUT2D eigenvalue weighted by molar-refractivity contribution is -0.121. The quantitative estimate of drug-likeness (QED) is 0.798. The fraction of sp³-hybridized carbons (Fsp3) is 0.778. The van der Waals surface area contributed by atoms with Crippen molar-refractivity contribution in [3.8, 4) is 6.07 Å². The van der Waals surface area contributed by atoms with Crippen molar-refractivity contribution < 1.29 is 4.79 Å². The zero-order valence-corrected chi connectivity index (χ0v) is 10.4. The largest absolute Gasteiger partial charge is 0.336 e. The minimum atomic E-state index is -0.622. The van der Waals surface area contributed by atoms with Crippen LogP contribution < -0.4 is 5.32 Å². The molecule has 5 heteroatoms. The summed E-state index contributed by atoms with van der Waals surface area (Å²) in [6, 6.07) is 2.21. The first-order chi connectivity index (χ1) is 6.63. The Hall–Kier alpha value is -0.210. The molecule has 0 aromatic heterocycles. The molecule has 1 aliphatic rings. The van der Waals surface area contributed by atoms with E-state index in [1.165, 1.54) is 0 Å². The topological polar surface area (TPSA) is 52.9 Å². The van der Waals surface area contributed by atoms with Crippen LogP contribution in [0.25, 0.3) is 0 Å². The van der Waals surface area contributed by atoms with Crippen molar-refractivity contribution in [2.24, 2.45) is 0 Å². The Morgan fingerprint density at radius 2 is 2.57 bits per heavy atom. The van der Waals surface area contributed by atoms with Crippen molar-refractivity contribution in [1.82, 2.24) is 5.32 Å². The van der Waals surface area contributed by atoms with Crippen LogP contribution in [0.2, 0.25) is 0 Å². The fourth-order valence-corrected chi connectivity index (χ4v) is 2.66. The Morgan fingerprint density at radius 3 is 3.00 bits per heavy atom. The molecule has 2 atom stereocenters. The van der Waals surface area contributed by atoms with Gasteiger partial charge in [-0.15, -0.1) is 0 Å². The summed E-state index contributed by atoms with van der Waals surface area (Å²) in [4.78, 5) is 11.4. The molecule has 1 aliphatic heterocycles. The molecule has 1 saturated heterocycles. The molecule has 3 nitrogen and oxygen atoms in total. The SMILES string of the molecule is CCC(Br)C(=O)NC1(C#N)CCSC1. The van der Waals surface area contributed by atoms with Crippen molar-refractivity contribution >= 4 is 33.6 Å². The fourth-order valence-electron chi connectivity index (χ4n) is 1.28. The Balaban J connectivity index is 2.57. The first kappa shape index (κ1) is 11.9. The van der Waals surface area contributed by atoms with Gasteiger partial charge in [-0.25, -0.2) is 0 Å². The summed E-state index contributed by atoms with van der Waals surface area (Å²) < 4.78 is 0. The number of halogens is 1. The summed E-state index contributed by atoms with van der Waals surface area (Å²) >= 11 is 4.99. The Labute approximate surface area is 96.7 Å². The van der Waals surface area contributed by atoms with Crippen LogP contribution in [-0.4, -0.2) is 27.8 Å². The molecule has 78 valence electrons. The van der Waals surface area contributed by atoms with E-state index in [2.05, 4.69) is 27.3 Å². The van der Waals surface area contributed by atoms with E-state index in [4.69, 9.17) is 5.26 Å². The smallest absolute Gasteiger partial charge is 0.235 e. The molecule has 2 unspecified atom stereocenters. The number of carbonyl (C=O) groups is 1. The average molecular weight is 277 g/mol. The van der Waals surface area contributed by atoms with E-state index in [0.29, 0.717) is 5.75 Å². The molecule has 0 radical (unpaired) electrons. The Kier molecular flexibility index (Phi) is 4.27. The highest BCUT2D eigenvalue weighted by atomic mass is 79.9. The molecule has 14 heavy (non-hydrogen) atoms. The number of carbonyl (C=O) groups excluding carboxylic acids is 1. The maximum atomic E-state index is 11.6. The van der Waals surface area contributed by atoms with Crippen molar-refractivity contribution in [3.63, 3.8) is 0 Å². The zero-order valence-electron chi connectivity index (χ0n) is 8.05. The number of hydrogen-bond acceptors (Lipinski definition) is 3. The van der Waals surface area contributed by atoms with E-state index in [1.807, 2.05) is 6.92 Å². The maximum Gasteiger partial charge on any atom is 0.235 e. The van der Waals surface area contributed by atoms with Crippen molar-refractivity contribution in [2.75, 3.05) is 11.5 Å². The normalized spacial score (nSPS) is 28.1. The zero-order chi connectivity index (χ0) is 10.6. The second kappa shape index (κ2) is 5.04. The predicted octanol–water partition coefficient (Wildman–Crippen LogP) is 1.68. The van der Waals surface area contributed by atoms with Crippen LogP contribution >= 0.6 is 27.7 Å². The van der Waals surface area contributed by atoms with E-state index in [-0.39, 0.29) is 10.7 Å². The van der Waals surface area contributed by atoms with Gasteiger partial charge >= 0.3 is 0 Å². The van der Waals surface area contributed by atoms with E-state index >= 15 is 0 Å². The standard InChI is InChI=1S/C9H13BrN2OS/c1-2-7(10)8(13)12-9(5-11)3-4-14-6-9/h7H,2-4,6H2,1H3,(H,12,13). The number of nitrogens with zero attached hydrogens (tertiary/aromatic N) is 1. The molecule has 1 amide bonds. The minimum absolute atomic E-state index is 0.0726. The monoisotopic (exact) mass is 276 g/mol. The van der Waals surface area contributed by atoms with Crippen molar-refractivity contribution in [1.29, 1.82) is 5.26 Å². The van der Waals surface area contributed by atoms with Gasteiger partial charge in [0.25, 0.3) is 0 Å². The molecule has 0 saturated carbocycles. The van der Waals surface area contributed by atoms with Crippen LogP contribution in [0.3, 0.4) is 0 Å². The second-order valence-corrected chi connectivity index (χ2v) is 5.57. The summed E-state index contributed by atoms with van der Waals surface area (Å²) in [6.07, 6.45) is 1.49. The summed E-state index contributed by atoms with van der Waals surface area (Å²) in [6.45, 7) is 1.93. The van der Waals surface area contributed by atoms with Gasteiger partial charge in [-0.1, -0.05) is 22.9 Å². The van der Waals surface area contributed by atoms with Crippen LogP contribution in [-0.2, 0) is 4.79 Å². The van der Waals surface area contributed by atoms with Crippen molar-refractivity contribution in [2.45, 2.75) is 30.1 Å². The molecule has 1 heterocycles. The van der Waals surface area contributed by atoms with Gasteiger partial charge in [0.1, 0.15) is 5.54 Å². The first-order valence-electron chi connectivity index (χ1n) is 4.58. The Bertz CT molecular complexity index is 258. The number of nitrogens with one attached hydrogen (secondary N) is 1. The number of nitriles is 1. The van der Waals surface area contributed by atoms with Crippen LogP contribution in [0.5, 0.6) is 0 Å². The van der Waals surface area contributed by atoms with Gasteiger partial charge in [-0.05, 0) is 18.6 Å². The van der Waals surface area contributed by atoms with Gasteiger partial charge in [0.2, 0.25) is 5.91 Å². The Morgan fingerprint density at radius 1 is 1.86 bits per heavy atom. The average Bonchev–Trinajstić information content (AvgIpc) is 2.65. The first-order valence-corrected chi connectivity index (χ1v) is 6.65. The van der Waals surface area contributed by atoms with Crippen LogP contribution in [0, 0.1) is 11.3 Å². The summed E-state index contributed by atoms with van der Waals surface area (Å²) in [5.74, 6) is 1.59. The minimum Gasteiger partial charge on any atom is -0.336 e. The molecule has 0 spiro atoms. The van der Waals surface area contributed by atoms with E-state index in [1.54, 1.807) is 11.8 Å². The number of rotatable bonds is 3. The summed E-state index contributed by atoms with van der Waals surface area (Å²) in [5.41, 5.74) is -0.622. The lowest BCUT2D eigenvalue weighted by Crippen LogP contribution is -2.49. The summed E-state index contributed by atoms with van der Waals surface area (Å²) in [5, 5.41) is 11.9. The van der Waals surface area contributed by atoms with Crippen LogP contribution in [0.4, 0.5) is 0 Å². The lowest BCUT2D eigenvalue weighted by atomic mass is 10.0. The van der Waals surface area contributed by atoms with Gasteiger partial charge in [-0.2, -0.15) is 17.0 Å².